The van der Waals surface area contributed by atoms with Crippen LogP contribution in [-0.2, 0) is 4.79 Å². The van der Waals surface area contributed by atoms with Gasteiger partial charge in [-0.15, -0.1) is 11.8 Å². The van der Waals surface area contributed by atoms with Crippen molar-refractivity contribution in [1.82, 2.24) is 4.90 Å². The molecule has 1 atom stereocenters. The van der Waals surface area contributed by atoms with Gasteiger partial charge in [-0.3, -0.25) is 9.59 Å². The molecule has 1 aromatic rings. The van der Waals surface area contributed by atoms with E-state index < -0.39 is 11.9 Å². The minimum absolute atomic E-state index is 0.0675. The van der Waals surface area contributed by atoms with Gasteiger partial charge in [0, 0.05) is 28.8 Å². The molecule has 1 aliphatic rings. The van der Waals surface area contributed by atoms with E-state index in [-0.39, 0.29) is 5.91 Å². The molecular formula is C16H21NO3S. The van der Waals surface area contributed by atoms with Crippen LogP contribution in [0.3, 0.4) is 0 Å². The van der Waals surface area contributed by atoms with Crippen molar-refractivity contribution in [2.75, 3.05) is 13.1 Å². The maximum absolute atomic E-state index is 12.4. The fraction of sp³-hybridized carbons (Fsp3) is 0.500. The van der Waals surface area contributed by atoms with Crippen LogP contribution in [-0.4, -0.2) is 40.2 Å². The predicted molar refractivity (Wildman–Crippen MR) is 83.7 cm³/mol. The van der Waals surface area contributed by atoms with Crippen molar-refractivity contribution in [3.63, 3.8) is 0 Å². The smallest absolute Gasteiger partial charge is 0.308 e. The first-order valence-electron chi connectivity index (χ1n) is 7.26. The molecule has 1 heterocycles. The SMILES string of the molecule is CC(C)Sc1ccc(C(=O)N2CCC[C@H](C(=O)O)C2)cc1. The summed E-state index contributed by atoms with van der Waals surface area (Å²) in [5.41, 5.74) is 0.633. The van der Waals surface area contributed by atoms with Crippen LogP contribution < -0.4 is 0 Å². The van der Waals surface area contributed by atoms with Crippen molar-refractivity contribution in [2.45, 2.75) is 36.8 Å². The number of carboxylic acid groups (broad SMARTS) is 1. The van der Waals surface area contributed by atoms with Crippen LogP contribution >= 0.6 is 11.8 Å². The van der Waals surface area contributed by atoms with E-state index in [9.17, 15) is 9.59 Å². The summed E-state index contributed by atoms with van der Waals surface area (Å²) in [5, 5.41) is 9.59. The van der Waals surface area contributed by atoms with Crippen molar-refractivity contribution in [2.24, 2.45) is 5.92 Å². The number of carbonyl (C=O) groups excluding carboxylic acids is 1. The minimum atomic E-state index is -0.809. The van der Waals surface area contributed by atoms with Crippen LogP contribution in [0.25, 0.3) is 0 Å². The maximum atomic E-state index is 12.4. The molecule has 5 heteroatoms. The van der Waals surface area contributed by atoms with E-state index in [1.54, 1.807) is 16.7 Å². The Balaban J connectivity index is 2.03. The summed E-state index contributed by atoms with van der Waals surface area (Å²) >= 11 is 1.76. The Morgan fingerprint density at radius 2 is 1.95 bits per heavy atom. The molecule has 0 bridgehead atoms. The number of carboxylic acids is 1. The zero-order valence-corrected chi connectivity index (χ0v) is 13.2. The average molecular weight is 307 g/mol. The summed E-state index contributed by atoms with van der Waals surface area (Å²) in [6.45, 7) is 5.22. The number of nitrogens with zero attached hydrogens (tertiary/aromatic N) is 1. The second-order valence-electron chi connectivity index (χ2n) is 5.62. The summed E-state index contributed by atoms with van der Waals surface area (Å²) in [7, 11) is 0. The van der Waals surface area contributed by atoms with Gasteiger partial charge in [-0.2, -0.15) is 0 Å². The molecule has 114 valence electrons. The lowest BCUT2D eigenvalue weighted by Crippen LogP contribution is -2.42. The molecular weight excluding hydrogens is 286 g/mol. The third-order valence-corrected chi connectivity index (χ3v) is 4.55. The Morgan fingerprint density at radius 3 is 2.52 bits per heavy atom. The van der Waals surface area contributed by atoms with Crippen LogP contribution in [0.2, 0.25) is 0 Å². The van der Waals surface area contributed by atoms with Gasteiger partial charge in [0.2, 0.25) is 0 Å². The van der Waals surface area contributed by atoms with Gasteiger partial charge in [-0.05, 0) is 37.1 Å². The Bertz CT molecular complexity index is 513. The lowest BCUT2D eigenvalue weighted by Gasteiger charge is -2.30. The van der Waals surface area contributed by atoms with E-state index in [0.29, 0.717) is 30.3 Å². The molecule has 1 aromatic carbocycles. The van der Waals surface area contributed by atoms with Crippen molar-refractivity contribution in [3.05, 3.63) is 29.8 Å². The number of benzene rings is 1. The first-order chi connectivity index (χ1) is 9.97. The number of thioether (sulfide) groups is 1. The topological polar surface area (TPSA) is 57.6 Å². The first kappa shape index (κ1) is 15.9. The van der Waals surface area contributed by atoms with Gasteiger partial charge in [0.15, 0.2) is 0 Å². The van der Waals surface area contributed by atoms with Gasteiger partial charge >= 0.3 is 5.97 Å². The minimum Gasteiger partial charge on any atom is -0.481 e. The van der Waals surface area contributed by atoms with Crippen molar-refractivity contribution in [3.8, 4) is 0 Å². The molecule has 0 radical (unpaired) electrons. The highest BCUT2D eigenvalue weighted by Gasteiger charge is 2.28. The van der Waals surface area contributed by atoms with Gasteiger partial charge in [0.25, 0.3) is 5.91 Å². The summed E-state index contributed by atoms with van der Waals surface area (Å²) in [6, 6.07) is 7.57. The predicted octanol–water partition coefficient (Wildman–Crippen LogP) is 3.12. The highest BCUT2D eigenvalue weighted by Crippen LogP contribution is 2.24. The molecule has 0 aromatic heterocycles. The molecule has 1 aliphatic heterocycles. The van der Waals surface area contributed by atoms with Crippen LogP contribution in [0.15, 0.2) is 29.2 Å². The molecule has 2 rings (SSSR count). The quantitative estimate of drug-likeness (QED) is 0.868. The second-order valence-corrected chi connectivity index (χ2v) is 7.27. The number of hydrogen-bond donors (Lipinski definition) is 1. The molecule has 4 nitrogen and oxygen atoms in total. The number of amides is 1. The number of likely N-dealkylation sites (tertiary alicyclic amines) is 1. The standard InChI is InChI=1S/C16H21NO3S/c1-11(2)21-14-7-5-12(6-8-14)15(18)17-9-3-4-13(10-17)16(19)20/h5-8,11,13H,3-4,9-10H2,1-2H3,(H,19,20)/t13-/m0/s1. The molecule has 1 amide bonds. The molecule has 0 aliphatic carbocycles. The van der Waals surface area contributed by atoms with E-state index in [2.05, 4.69) is 13.8 Å². The van der Waals surface area contributed by atoms with E-state index >= 15 is 0 Å². The van der Waals surface area contributed by atoms with Gasteiger partial charge in [0.1, 0.15) is 0 Å². The van der Waals surface area contributed by atoms with Crippen LogP contribution in [0.1, 0.15) is 37.0 Å². The van der Waals surface area contributed by atoms with Gasteiger partial charge in [0.05, 0.1) is 5.92 Å². The largest absolute Gasteiger partial charge is 0.481 e. The Kier molecular flexibility index (Phi) is 5.28. The monoisotopic (exact) mass is 307 g/mol. The summed E-state index contributed by atoms with van der Waals surface area (Å²) in [5.74, 6) is -1.31. The second kappa shape index (κ2) is 6.98. The fourth-order valence-corrected chi connectivity index (χ4v) is 3.33. The summed E-state index contributed by atoms with van der Waals surface area (Å²) in [4.78, 5) is 26.3. The number of rotatable bonds is 4. The van der Waals surface area contributed by atoms with Crippen LogP contribution in [0.5, 0.6) is 0 Å². The lowest BCUT2D eigenvalue weighted by molar-refractivity contribution is -0.143. The number of hydrogen-bond acceptors (Lipinski definition) is 3. The average Bonchev–Trinajstić information content (AvgIpc) is 2.47. The third-order valence-electron chi connectivity index (χ3n) is 3.53. The molecule has 0 spiro atoms. The van der Waals surface area contributed by atoms with Crippen LogP contribution in [0.4, 0.5) is 0 Å². The van der Waals surface area contributed by atoms with Gasteiger partial charge in [-0.25, -0.2) is 0 Å². The van der Waals surface area contributed by atoms with Crippen LogP contribution in [0, 0.1) is 5.92 Å². The van der Waals surface area contributed by atoms with E-state index in [1.807, 2.05) is 24.3 Å². The van der Waals surface area contributed by atoms with Crippen molar-refractivity contribution < 1.29 is 14.7 Å². The van der Waals surface area contributed by atoms with Gasteiger partial charge in [-0.1, -0.05) is 13.8 Å². The lowest BCUT2D eigenvalue weighted by atomic mass is 9.97. The first-order valence-corrected chi connectivity index (χ1v) is 8.14. The number of piperidine rings is 1. The van der Waals surface area contributed by atoms with E-state index in [1.165, 1.54) is 0 Å². The summed E-state index contributed by atoms with van der Waals surface area (Å²) in [6.07, 6.45) is 1.41. The number of carbonyl (C=O) groups is 2. The molecule has 1 fully saturated rings. The molecule has 0 unspecified atom stereocenters. The van der Waals surface area contributed by atoms with Crippen molar-refractivity contribution in [1.29, 1.82) is 0 Å². The Hall–Kier alpha value is -1.49. The van der Waals surface area contributed by atoms with Crippen molar-refractivity contribution >= 4 is 23.6 Å². The van der Waals surface area contributed by atoms with E-state index in [0.717, 1.165) is 11.3 Å². The molecule has 21 heavy (non-hydrogen) atoms. The zero-order chi connectivity index (χ0) is 15.4. The maximum Gasteiger partial charge on any atom is 0.308 e. The highest BCUT2D eigenvalue weighted by atomic mass is 32.2. The Labute approximate surface area is 129 Å². The fourth-order valence-electron chi connectivity index (χ4n) is 2.49. The number of aliphatic carboxylic acids is 1. The summed E-state index contributed by atoms with van der Waals surface area (Å²) < 4.78 is 0. The molecule has 1 N–H and O–H groups in total. The zero-order valence-electron chi connectivity index (χ0n) is 12.4. The Morgan fingerprint density at radius 1 is 1.29 bits per heavy atom. The highest BCUT2D eigenvalue weighted by molar-refractivity contribution is 7.99. The normalized spacial score (nSPS) is 18.8. The molecule has 1 saturated heterocycles. The van der Waals surface area contributed by atoms with Gasteiger partial charge < -0.3 is 10.0 Å². The van der Waals surface area contributed by atoms with E-state index in [4.69, 9.17) is 5.11 Å². The third kappa shape index (κ3) is 4.24. The molecule has 0 saturated carbocycles.